The topological polar surface area (TPSA) is 61.1 Å². The van der Waals surface area contributed by atoms with Crippen molar-refractivity contribution < 1.29 is 14.3 Å². The Morgan fingerprint density at radius 3 is 2.29 bits per heavy atom. The Hall–Kier alpha value is -1.89. The molecule has 0 aromatic heterocycles. The number of carbonyl (C=O) groups is 1. The van der Waals surface area contributed by atoms with Gasteiger partial charge in [-0.05, 0) is 37.6 Å². The highest BCUT2D eigenvalue weighted by molar-refractivity contribution is 5.80. The molecule has 0 unspecified atom stereocenters. The van der Waals surface area contributed by atoms with Gasteiger partial charge in [0, 0.05) is 0 Å². The van der Waals surface area contributed by atoms with Crippen molar-refractivity contribution >= 4 is 5.97 Å². The standard InChI is InChI=1S/C11H10FNO2.C2H6/c1-11(2,10(14)15)8-3-7(6-13)4-9(12)5-8;1-2/h3-5H,1-2H3,(H,14,15);1-2H3. The summed E-state index contributed by atoms with van der Waals surface area (Å²) < 4.78 is 13.1. The summed E-state index contributed by atoms with van der Waals surface area (Å²) in [5, 5.41) is 17.6. The summed E-state index contributed by atoms with van der Waals surface area (Å²) in [5.41, 5.74) is -0.792. The third-order valence-corrected chi connectivity index (χ3v) is 2.28. The van der Waals surface area contributed by atoms with Gasteiger partial charge in [-0.1, -0.05) is 13.8 Å². The van der Waals surface area contributed by atoms with Gasteiger partial charge in [-0.25, -0.2) is 4.39 Å². The molecule has 1 aromatic carbocycles. The highest BCUT2D eigenvalue weighted by atomic mass is 19.1. The van der Waals surface area contributed by atoms with Crippen LogP contribution >= 0.6 is 0 Å². The van der Waals surface area contributed by atoms with Crippen molar-refractivity contribution in [2.75, 3.05) is 0 Å². The Kier molecular flexibility index (Phi) is 5.33. The average Bonchev–Trinajstić information content (AvgIpc) is 2.30. The molecule has 0 fully saturated rings. The number of rotatable bonds is 2. The van der Waals surface area contributed by atoms with E-state index in [9.17, 15) is 9.18 Å². The predicted molar refractivity (Wildman–Crippen MR) is 63.1 cm³/mol. The fraction of sp³-hybridized carbons (Fsp3) is 0.385. The summed E-state index contributed by atoms with van der Waals surface area (Å²) >= 11 is 0. The van der Waals surface area contributed by atoms with Gasteiger partial charge in [0.15, 0.2) is 0 Å². The van der Waals surface area contributed by atoms with E-state index < -0.39 is 17.2 Å². The molecule has 92 valence electrons. The molecule has 0 bridgehead atoms. The minimum Gasteiger partial charge on any atom is -0.481 e. The maximum absolute atomic E-state index is 13.1. The Balaban J connectivity index is 0.00000121. The summed E-state index contributed by atoms with van der Waals surface area (Å²) in [6.45, 7) is 6.93. The smallest absolute Gasteiger partial charge is 0.313 e. The van der Waals surface area contributed by atoms with Gasteiger partial charge >= 0.3 is 5.97 Å². The molecule has 1 rings (SSSR count). The summed E-state index contributed by atoms with van der Waals surface area (Å²) in [5.74, 6) is -1.66. The van der Waals surface area contributed by atoms with Crippen LogP contribution in [0.4, 0.5) is 4.39 Å². The lowest BCUT2D eigenvalue weighted by Gasteiger charge is -2.19. The van der Waals surface area contributed by atoms with Gasteiger partial charge in [-0.15, -0.1) is 0 Å². The molecule has 0 saturated carbocycles. The largest absolute Gasteiger partial charge is 0.481 e. The normalized spacial score (nSPS) is 9.88. The molecular weight excluding hydrogens is 221 g/mol. The van der Waals surface area contributed by atoms with Gasteiger partial charge in [-0.3, -0.25) is 4.79 Å². The monoisotopic (exact) mass is 237 g/mol. The molecule has 0 saturated heterocycles. The lowest BCUT2D eigenvalue weighted by atomic mass is 9.84. The van der Waals surface area contributed by atoms with Crippen LogP contribution in [0.3, 0.4) is 0 Å². The Morgan fingerprint density at radius 2 is 1.88 bits per heavy atom. The van der Waals surface area contributed by atoms with E-state index in [2.05, 4.69) is 0 Å². The molecule has 0 atom stereocenters. The molecule has 0 spiro atoms. The van der Waals surface area contributed by atoms with Crippen molar-refractivity contribution in [2.45, 2.75) is 33.1 Å². The van der Waals surface area contributed by atoms with Crippen molar-refractivity contribution in [3.63, 3.8) is 0 Å². The second-order valence-corrected chi connectivity index (χ2v) is 3.77. The fourth-order valence-corrected chi connectivity index (χ4v) is 1.14. The molecule has 0 radical (unpaired) electrons. The van der Waals surface area contributed by atoms with Crippen LogP contribution in [0, 0.1) is 17.1 Å². The average molecular weight is 237 g/mol. The highest BCUT2D eigenvalue weighted by Gasteiger charge is 2.30. The number of hydrogen-bond acceptors (Lipinski definition) is 2. The van der Waals surface area contributed by atoms with Crippen molar-refractivity contribution in [2.24, 2.45) is 0 Å². The van der Waals surface area contributed by atoms with Crippen molar-refractivity contribution in [1.29, 1.82) is 5.26 Å². The van der Waals surface area contributed by atoms with E-state index in [1.807, 2.05) is 13.8 Å². The minimum absolute atomic E-state index is 0.124. The molecule has 0 aliphatic heterocycles. The SMILES string of the molecule is CC.CC(C)(C(=O)O)c1cc(F)cc(C#N)c1. The number of aliphatic carboxylic acids is 1. The van der Waals surface area contributed by atoms with Crippen LogP contribution < -0.4 is 0 Å². The molecule has 0 amide bonds. The molecule has 3 nitrogen and oxygen atoms in total. The molecule has 17 heavy (non-hydrogen) atoms. The van der Waals surface area contributed by atoms with E-state index >= 15 is 0 Å². The van der Waals surface area contributed by atoms with Crippen LogP contribution in [0.5, 0.6) is 0 Å². The first kappa shape index (κ1) is 15.1. The maximum Gasteiger partial charge on any atom is 0.313 e. The third-order valence-electron chi connectivity index (χ3n) is 2.28. The summed E-state index contributed by atoms with van der Waals surface area (Å²) in [6.07, 6.45) is 0. The summed E-state index contributed by atoms with van der Waals surface area (Å²) in [7, 11) is 0. The van der Waals surface area contributed by atoms with E-state index in [1.165, 1.54) is 19.9 Å². The van der Waals surface area contributed by atoms with E-state index in [-0.39, 0.29) is 11.1 Å². The minimum atomic E-state index is -1.20. The van der Waals surface area contributed by atoms with E-state index in [0.29, 0.717) is 0 Å². The van der Waals surface area contributed by atoms with Gasteiger partial charge < -0.3 is 5.11 Å². The van der Waals surface area contributed by atoms with Crippen LogP contribution in [0.1, 0.15) is 38.8 Å². The maximum atomic E-state index is 13.1. The van der Waals surface area contributed by atoms with Gasteiger partial charge in [0.05, 0.1) is 17.0 Å². The molecular formula is C13H16FNO2. The molecule has 0 heterocycles. The molecule has 4 heteroatoms. The van der Waals surface area contributed by atoms with Crippen LogP contribution in [-0.2, 0) is 10.2 Å². The summed E-state index contributed by atoms with van der Waals surface area (Å²) in [6, 6.07) is 5.38. The third kappa shape index (κ3) is 3.56. The van der Waals surface area contributed by atoms with E-state index in [4.69, 9.17) is 10.4 Å². The second kappa shape index (κ2) is 6.00. The van der Waals surface area contributed by atoms with Gasteiger partial charge in [0.1, 0.15) is 5.82 Å². The zero-order valence-corrected chi connectivity index (χ0v) is 10.4. The van der Waals surface area contributed by atoms with Crippen molar-refractivity contribution in [3.8, 4) is 6.07 Å². The van der Waals surface area contributed by atoms with Crippen molar-refractivity contribution in [1.82, 2.24) is 0 Å². The van der Waals surface area contributed by atoms with E-state index in [0.717, 1.165) is 12.1 Å². The molecule has 1 aromatic rings. The van der Waals surface area contributed by atoms with E-state index in [1.54, 1.807) is 6.07 Å². The van der Waals surface area contributed by atoms with Crippen molar-refractivity contribution in [3.05, 3.63) is 35.1 Å². The highest BCUT2D eigenvalue weighted by Crippen LogP contribution is 2.25. The molecule has 0 aliphatic carbocycles. The van der Waals surface area contributed by atoms with Gasteiger partial charge in [0.25, 0.3) is 0 Å². The number of hydrogen-bond donors (Lipinski definition) is 1. The number of benzene rings is 1. The van der Waals surface area contributed by atoms with Crippen LogP contribution in [0.2, 0.25) is 0 Å². The van der Waals surface area contributed by atoms with Gasteiger partial charge in [0.2, 0.25) is 0 Å². The summed E-state index contributed by atoms with van der Waals surface area (Å²) in [4.78, 5) is 10.9. The second-order valence-electron chi connectivity index (χ2n) is 3.77. The first-order chi connectivity index (χ1) is 7.87. The molecule has 1 N–H and O–H groups in total. The number of nitriles is 1. The zero-order valence-electron chi connectivity index (χ0n) is 10.4. The lowest BCUT2D eigenvalue weighted by Crippen LogP contribution is -2.28. The first-order valence-corrected chi connectivity index (χ1v) is 5.32. The number of nitrogens with zero attached hydrogens (tertiary/aromatic N) is 1. The zero-order chi connectivity index (χ0) is 13.6. The Bertz CT molecular complexity index is 447. The Labute approximate surface area is 101 Å². The number of halogens is 1. The fourth-order valence-electron chi connectivity index (χ4n) is 1.14. The molecule has 0 aliphatic rings. The quantitative estimate of drug-likeness (QED) is 0.859. The van der Waals surface area contributed by atoms with Gasteiger partial charge in [-0.2, -0.15) is 5.26 Å². The van der Waals surface area contributed by atoms with Crippen LogP contribution in [0.15, 0.2) is 18.2 Å². The van der Waals surface area contributed by atoms with Crippen LogP contribution in [0.25, 0.3) is 0 Å². The number of carboxylic acids is 1. The number of carboxylic acid groups (broad SMARTS) is 1. The predicted octanol–water partition coefficient (Wildman–Crippen LogP) is 3.09. The Morgan fingerprint density at radius 1 is 1.35 bits per heavy atom. The van der Waals surface area contributed by atoms with Crippen LogP contribution in [-0.4, -0.2) is 11.1 Å². The lowest BCUT2D eigenvalue weighted by molar-refractivity contribution is -0.142. The first-order valence-electron chi connectivity index (χ1n) is 5.32.